The third-order valence-corrected chi connectivity index (χ3v) is 2.06. The van der Waals surface area contributed by atoms with Crippen molar-refractivity contribution < 1.29 is 9.21 Å². The fraction of sp³-hybridized carbons (Fsp3) is 0.444. The van der Waals surface area contributed by atoms with E-state index in [1.165, 1.54) is 0 Å². The second-order valence-corrected chi connectivity index (χ2v) is 3.49. The molecule has 1 aromatic rings. The molecule has 0 bridgehead atoms. The summed E-state index contributed by atoms with van der Waals surface area (Å²) in [7, 11) is 0. The van der Waals surface area contributed by atoms with Gasteiger partial charge in [-0.25, -0.2) is 0 Å². The van der Waals surface area contributed by atoms with Gasteiger partial charge in [0.05, 0.1) is 0 Å². The summed E-state index contributed by atoms with van der Waals surface area (Å²) >= 11 is 3.13. The maximum absolute atomic E-state index is 11.4. The number of hydrogen-bond donors (Lipinski definition) is 2. The van der Waals surface area contributed by atoms with Gasteiger partial charge in [-0.15, -0.1) is 12.4 Å². The first-order valence-corrected chi connectivity index (χ1v) is 5.27. The molecule has 0 spiro atoms. The summed E-state index contributed by atoms with van der Waals surface area (Å²) in [4.78, 5) is 11.4. The summed E-state index contributed by atoms with van der Waals surface area (Å²) < 4.78 is 5.65. The smallest absolute Gasteiger partial charge is 0.287 e. The van der Waals surface area contributed by atoms with Crippen molar-refractivity contribution in [2.75, 3.05) is 19.6 Å². The Balaban J connectivity index is 0.00000196. The zero-order chi connectivity index (χ0) is 10.4. The van der Waals surface area contributed by atoms with Crippen molar-refractivity contribution in [3.8, 4) is 0 Å². The van der Waals surface area contributed by atoms with Crippen LogP contribution >= 0.6 is 28.3 Å². The topological polar surface area (TPSA) is 54.3 Å². The van der Waals surface area contributed by atoms with Crippen molar-refractivity contribution >= 4 is 34.2 Å². The van der Waals surface area contributed by atoms with E-state index in [0.29, 0.717) is 17.0 Å². The van der Waals surface area contributed by atoms with Gasteiger partial charge in [-0.05, 0) is 34.6 Å². The van der Waals surface area contributed by atoms with E-state index in [-0.39, 0.29) is 18.3 Å². The monoisotopic (exact) mass is 296 g/mol. The molecule has 1 heterocycles. The molecule has 86 valence electrons. The van der Waals surface area contributed by atoms with E-state index in [9.17, 15) is 4.79 Å². The maximum Gasteiger partial charge on any atom is 0.287 e. The van der Waals surface area contributed by atoms with Crippen LogP contribution in [0.4, 0.5) is 0 Å². The number of furan rings is 1. The molecule has 0 atom stereocenters. The van der Waals surface area contributed by atoms with Gasteiger partial charge < -0.3 is 15.1 Å². The number of carbonyl (C=O) groups excluding carboxylic acids is 1. The van der Waals surface area contributed by atoms with E-state index >= 15 is 0 Å². The molecule has 0 aliphatic carbocycles. The highest BCUT2D eigenvalue weighted by molar-refractivity contribution is 9.10. The molecule has 2 N–H and O–H groups in total. The third-order valence-electron chi connectivity index (χ3n) is 1.63. The van der Waals surface area contributed by atoms with Gasteiger partial charge in [0.25, 0.3) is 5.91 Å². The van der Waals surface area contributed by atoms with Gasteiger partial charge in [-0.2, -0.15) is 0 Å². The average molecular weight is 298 g/mol. The van der Waals surface area contributed by atoms with Crippen LogP contribution in [0, 0.1) is 0 Å². The Hall–Kier alpha value is -0.520. The Labute approximate surface area is 103 Å². The Bertz CT molecular complexity index is 304. The van der Waals surface area contributed by atoms with E-state index in [1.54, 1.807) is 12.1 Å². The first-order valence-electron chi connectivity index (χ1n) is 4.48. The number of nitrogens with one attached hydrogen (secondary N) is 2. The van der Waals surface area contributed by atoms with Gasteiger partial charge in [-0.3, -0.25) is 4.79 Å². The van der Waals surface area contributed by atoms with Crippen LogP contribution in [0.25, 0.3) is 0 Å². The minimum Gasteiger partial charge on any atom is -0.444 e. The second-order valence-electron chi connectivity index (χ2n) is 2.71. The number of amides is 1. The SMILES string of the molecule is CCNCCNC(=O)c1ccc(Br)o1.Cl. The molecule has 0 radical (unpaired) electrons. The van der Waals surface area contributed by atoms with Crippen molar-refractivity contribution in [3.05, 3.63) is 22.6 Å². The highest BCUT2D eigenvalue weighted by Crippen LogP contribution is 2.13. The van der Waals surface area contributed by atoms with E-state index in [4.69, 9.17) is 4.42 Å². The summed E-state index contributed by atoms with van der Waals surface area (Å²) in [5.74, 6) is 0.141. The number of halogens is 2. The molecule has 0 aromatic carbocycles. The molecule has 0 aliphatic heterocycles. The van der Waals surface area contributed by atoms with Crippen molar-refractivity contribution in [3.63, 3.8) is 0 Å². The van der Waals surface area contributed by atoms with Crippen molar-refractivity contribution in [2.45, 2.75) is 6.92 Å². The Morgan fingerprint density at radius 1 is 1.47 bits per heavy atom. The van der Waals surface area contributed by atoms with E-state index in [1.807, 2.05) is 6.92 Å². The van der Waals surface area contributed by atoms with Crippen LogP contribution in [0.5, 0.6) is 0 Å². The van der Waals surface area contributed by atoms with Gasteiger partial charge >= 0.3 is 0 Å². The lowest BCUT2D eigenvalue weighted by Gasteiger charge is -2.02. The number of likely N-dealkylation sites (N-methyl/N-ethyl adjacent to an activating group) is 1. The lowest BCUT2D eigenvalue weighted by Crippen LogP contribution is -2.31. The lowest BCUT2D eigenvalue weighted by molar-refractivity contribution is 0.0925. The molecular weight excluding hydrogens is 283 g/mol. The minimum atomic E-state index is -0.186. The van der Waals surface area contributed by atoms with Crippen LogP contribution in [0.3, 0.4) is 0 Å². The van der Waals surface area contributed by atoms with E-state index in [2.05, 4.69) is 26.6 Å². The Kier molecular flexibility index (Phi) is 7.46. The molecule has 1 aromatic heterocycles. The molecule has 0 saturated heterocycles. The van der Waals surface area contributed by atoms with Gasteiger partial charge in [0.15, 0.2) is 10.4 Å². The van der Waals surface area contributed by atoms with Gasteiger partial charge in [-0.1, -0.05) is 6.92 Å². The number of carbonyl (C=O) groups is 1. The van der Waals surface area contributed by atoms with Gasteiger partial charge in [0.2, 0.25) is 0 Å². The van der Waals surface area contributed by atoms with Crippen LogP contribution in [-0.4, -0.2) is 25.5 Å². The zero-order valence-electron chi connectivity index (χ0n) is 8.38. The standard InChI is InChI=1S/C9H13BrN2O2.ClH/c1-2-11-5-6-12-9(13)7-3-4-8(10)14-7;/h3-4,11H,2,5-6H2,1H3,(H,12,13);1H. The summed E-state index contributed by atoms with van der Waals surface area (Å²) in [5, 5.41) is 5.84. The molecule has 4 nitrogen and oxygen atoms in total. The van der Waals surface area contributed by atoms with Crippen molar-refractivity contribution in [2.24, 2.45) is 0 Å². The summed E-state index contributed by atoms with van der Waals surface area (Å²) in [6.07, 6.45) is 0. The molecule has 0 fully saturated rings. The molecule has 15 heavy (non-hydrogen) atoms. The van der Waals surface area contributed by atoms with Gasteiger partial charge in [0.1, 0.15) is 0 Å². The first-order chi connectivity index (χ1) is 6.74. The Morgan fingerprint density at radius 3 is 2.73 bits per heavy atom. The average Bonchev–Trinajstić information content (AvgIpc) is 2.59. The minimum absolute atomic E-state index is 0. The quantitative estimate of drug-likeness (QED) is 0.815. The summed E-state index contributed by atoms with van der Waals surface area (Å²) in [5.41, 5.74) is 0. The van der Waals surface area contributed by atoms with Crippen LogP contribution in [-0.2, 0) is 0 Å². The van der Waals surface area contributed by atoms with E-state index in [0.717, 1.165) is 13.1 Å². The van der Waals surface area contributed by atoms with E-state index < -0.39 is 0 Å². The fourth-order valence-electron chi connectivity index (χ4n) is 0.965. The molecule has 1 rings (SSSR count). The molecule has 6 heteroatoms. The maximum atomic E-state index is 11.4. The van der Waals surface area contributed by atoms with Gasteiger partial charge in [0, 0.05) is 13.1 Å². The van der Waals surface area contributed by atoms with Crippen LogP contribution in [0.1, 0.15) is 17.5 Å². The molecular formula is C9H14BrClN2O2. The van der Waals surface area contributed by atoms with Crippen LogP contribution < -0.4 is 10.6 Å². The molecule has 0 unspecified atom stereocenters. The highest BCUT2D eigenvalue weighted by atomic mass is 79.9. The first kappa shape index (κ1) is 14.5. The zero-order valence-corrected chi connectivity index (χ0v) is 10.8. The number of hydrogen-bond acceptors (Lipinski definition) is 3. The van der Waals surface area contributed by atoms with Crippen molar-refractivity contribution in [1.82, 2.24) is 10.6 Å². The lowest BCUT2D eigenvalue weighted by atomic mass is 10.4. The third kappa shape index (κ3) is 5.20. The largest absolute Gasteiger partial charge is 0.444 e. The number of rotatable bonds is 5. The van der Waals surface area contributed by atoms with Crippen LogP contribution in [0.15, 0.2) is 21.2 Å². The predicted octanol–water partition coefficient (Wildman–Crippen LogP) is 1.80. The highest BCUT2D eigenvalue weighted by Gasteiger charge is 2.08. The second kappa shape index (κ2) is 7.73. The molecule has 0 saturated carbocycles. The molecule has 1 amide bonds. The summed E-state index contributed by atoms with van der Waals surface area (Å²) in [6, 6.07) is 3.33. The molecule has 0 aliphatic rings. The van der Waals surface area contributed by atoms with Crippen LogP contribution in [0.2, 0.25) is 0 Å². The van der Waals surface area contributed by atoms with Crippen molar-refractivity contribution in [1.29, 1.82) is 0 Å². The normalized spacial score (nSPS) is 9.47. The summed E-state index contributed by atoms with van der Waals surface area (Å²) in [6.45, 7) is 4.29. The fourth-order valence-corrected chi connectivity index (χ4v) is 1.27. The Morgan fingerprint density at radius 2 is 2.20 bits per heavy atom. The predicted molar refractivity (Wildman–Crippen MR) is 64.5 cm³/mol.